The van der Waals surface area contributed by atoms with Crippen molar-refractivity contribution in [2.24, 2.45) is 0 Å². The van der Waals surface area contributed by atoms with Crippen LogP contribution in [0, 0.1) is 5.82 Å². The van der Waals surface area contributed by atoms with E-state index in [0.717, 1.165) is 18.7 Å². The van der Waals surface area contributed by atoms with Crippen LogP contribution < -0.4 is 15.8 Å². The average molecular weight is 314 g/mol. The maximum Gasteiger partial charge on any atom is 0.167 e. The number of unbranched alkanes of at least 4 members (excludes halogenated alkanes) is 3. The van der Waals surface area contributed by atoms with Gasteiger partial charge in [0.15, 0.2) is 11.6 Å². The summed E-state index contributed by atoms with van der Waals surface area (Å²) in [4.78, 5) is 0. The van der Waals surface area contributed by atoms with Gasteiger partial charge in [-0.1, -0.05) is 12.8 Å². The number of benzene rings is 1. The molecule has 1 aromatic rings. The zero-order valence-corrected chi connectivity index (χ0v) is 14.1. The topological polar surface area (TPSA) is 47.3 Å². The van der Waals surface area contributed by atoms with E-state index in [1.165, 1.54) is 31.1 Å². The van der Waals surface area contributed by atoms with Gasteiger partial charge in [-0.2, -0.15) is 11.8 Å². The molecule has 0 saturated heterocycles. The maximum absolute atomic E-state index is 13.7. The Hall–Kier alpha value is -1.10. The van der Waals surface area contributed by atoms with Gasteiger partial charge in [-0.25, -0.2) is 4.39 Å². The van der Waals surface area contributed by atoms with Crippen molar-refractivity contribution in [3.05, 3.63) is 17.9 Å². The highest BCUT2D eigenvalue weighted by Crippen LogP contribution is 2.29. The largest absolute Gasteiger partial charge is 0.488 e. The van der Waals surface area contributed by atoms with E-state index < -0.39 is 5.82 Å². The first-order valence-corrected chi connectivity index (χ1v) is 8.92. The predicted molar refractivity (Wildman–Crippen MR) is 91.9 cm³/mol. The van der Waals surface area contributed by atoms with E-state index in [9.17, 15) is 4.39 Å². The third kappa shape index (κ3) is 6.93. The van der Waals surface area contributed by atoms with E-state index in [2.05, 4.69) is 11.6 Å². The fraction of sp³-hybridized carbons (Fsp3) is 0.625. The van der Waals surface area contributed by atoms with Crippen molar-refractivity contribution in [2.75, 3.05) is 29.6 Å². The molecule has 0 unspecified atom stereocenters. The molecule has 0 heterocycles. The number of thioether (sulfide) groups is 1. The molecule has 0 aliphatic rings. The number of nitrogens with one attached hydrogen (secondary N) is 1. The van der Waals surface area contributed by atoms with E-state index in [-0.39, 0.29) is 11.9 Å². The van der Waals surface area contributed by atoms with Crippen LogP contribution in [0.2, 0.25) is 0 Å². The summed E-state index contributed by atoms with van der Waals surface area (Å²) < 4.78 is 19.2. The molecule has 5 heteroatoms. The summed E-state index contributed by atoms with van der Waals surface area (Å²) in [6, 6.07) is 2.97. The second-order valence-electron chi connectivity index (χ2n) is 5.37. The first-order chi connectivity index (χ1) is 10.0. The number of anilines is 2. The molecule has 0 aromatic heterocycles. The van der Waals surface area contributed by atoms with E-state index >= 15 is 0 Å². The van der Waals surface area contributed by atoms with E-state index in [4.69, 9.17) is 10.5 Å². The van der Waals surface area contributed by atoms with Crippen LogP contribution in [0.15, 0.2) is 12.1 Å². The number of hydrogen-bond donors (Lipinski definition) is 2. The molecule has 0 atom stereocenters. The van der Waals surface area contributed by atoms with Crippen LogP contribution in [0.1, 0.15) is 39.5 Å². The van der Waals surface area contributed by atoms with Gasteiger partial charge in [0.25, 0.3) is 0 Å². The van der Waals surface area contributed by atoms with Crippen molar-refractivity contribution in [1.82, 2.24) is 0 Å². The van der Waals surface area contributed by atoms with Gasteiger partial charge < -0.3 is 15.8 Å². The van der Waals surface area contributed by atoms with Gasteiger partial charge in [-0.15, -0.1) is 0 Å². The highest BCUT2D eigenvalue weighted by atomic mass is 32.2. The number of rotatable bonds is 10. The SMILES string of the molecule is CSCCCCCCNc1cc(OC(C)C)c(F)cc1N. The van der Waals surface area contributed by atoms with Gasteiger partial charge in [-0.05, 0) is 38.7 Å². The molecule has 21 heavy (non-hydrogen) atoms. The van der Waals surface area contributed by atoms with Crippen molar-refractivity contribution in [3.8, 4) is 5.75 Å². The van der Waals surface area contributed by atoms with Crippen LogP contribution in [0.4, 0.5) is 15.8 Å². The molecule has 3 nitrogen and oxygen atoms in total. The molecule has 1 aromatic carbocycles. The van der Waals surface area contributed by atoms with Crippen LogP contribution in [-0.4, -0.2) is 24.7 Å². The summed E-state index contributed by atoms with van der Waals surface area (Å²) in [6.45, 7) is 4.59. The lowest BCUT2D eigenvalue weighted by molar-refractivity contribution is 0.231. The molecule has 0 radical (unpaired) electrons. The summed E-state index contributed by atoms with van der Waals surface area (Å²) >= 11 is 1.89. The molecule has 0 bridgehead atoms. The molecule has 0 amide bonds. The monoisotopic (exact) mass is 314 g/mol. The third-order valence-corrected chi connectivity index (χ3v) is 3.75. The zero-order valence-electron chi connectivity index (χ0n) is 13.2. The zero-order chi connectivity index (χ0) is 15.7. The Morgan fingerprint density at radius 3 is 2.62 bits per heavy atom. The molecule has 0 spiro atoms. The Kier molecular flexibility index (Phi) is 8.35. The first kappa shape index (κ1) is 18.0. The van der Waals surface area contributed by atoms with Gasteiger partial charge in [-0.3, -0.25) is 0 Å². The number of nitrogens with two attached hydrogens (primary N) is 1. The summed E-state index contributed by atoms with van der Waals surface area (Å²) in [7, 11) is 0. The second kappa shape index (κ2) is 9.77. The summed E-state index contributed by atoms with van der Waals surface area (Å²) in [6.07, 6.45) is 6.88. The van der Waals surface area contributed by atoms with Crippen molar-refractivity contribution in [2.45, 2.75) is 45.6 Å². The lowest BCUT2D eigenvalue weighted by Crippen LogP contribution is -2.09. The van der Waals surface area contributed by atoms with Gasteiger partial charge in [0, 0.05) is 18.7 Å². The number of nitrogen functional groups attached to an aromatic ring is 1. The molecule has 0 fully saturated rings. The van der Waals surface area contributed by atoms with Crippen molar-refractivity contribution in [3.63, 3.8) is 0 Å². The molecule has 0 aliphatic heterocycles. The Bertz CT molecular complexity index is 427. The number of ether oxygens (including phenoxy) is 1. The van der Waals surface area contributed by atoms with Gasteiger partial charge >= 0.3 is 0 Å². The van der Waals surface area contributed by atoms with E-state index in [1.54, 1.807) is 6.07 Å². The lowest BCUT2D eigenvalue weighted by atomic mass is 10.2. The van der Waals surface area contributed by atoms with Crippen LogP contribution in [0.3, 0.4) is 0 Å². The smallest absolute Gasteiger partial charge is 0.167 e. The standard InChI is InChI=1S/C16H27FN2OS/c1-12(2)20-16-11-15(14(18)10-13(16)17)19-8-6-4-5-7-9-21-3/h10-12,19H,4-9,18H2,1-3H3. The Balaban J connectivity index is 2.43. The van der Waals surface area contributed by atoms with Gasteiger partial charge in [0.2, 0.25) is 0 Å². The van der Waals surface area contributed by atoms with Crippen LogP contribution >= 0.6 is 11.8 Å². The highest BCUT2D eigenvalue weighted by molar-refractivity contribution is 7.98. The highest BCUT2D eigenvalue weighted by Gasteiger charge is 2.10. The summed E-state index contributed by atoms with van der Waals surface area (Å²) in [5.74, 6) is 1.07. The predicted octanol–water partition coefficient (Wildman–Crippen LogP) is 4.53. The summed E-state index contributed by atoms with van der Waals surface area (Å²) in [5, 5.41) is 3.27. The maximum atomic E-state index is 13.7. The molecule has 120 valence electrons. The molecular weight excluding hydrogens is 287 g/mol. The molecule has 3 N–H and O–H groups in total. The fourth-order valence-corrected chi connectivity index (χ4v) is 2.51. The molecule has 1 rings (SSSR count). The van der Waals surface area contributed by atoms with E-state index in [0.29, 0.717) is 5.69 Å². The lowest BCUT2D eigenvalue weighted by Gasteiger charge is -2.15. The van der Waals surface area contributed by atoms with Crippen LogP contribution in [-0.2, 0) is 0 Å². The van der Waals surface area contributed by atoms with Crippen molar-refractivity contribution >= 4 is 23.1 Å². The number of halogens is 1. The average Bonchev–Trinajstić information content (AvgIpc) is 2.42. The van der Waals surface area contributed by atoms with E-state index in [1.807, 2.05) is 25.6 Å². The second-order valence-corrected chi connectivity index (χ2v) is 6.36. The fourth-order valence-electron chi connectivity index (χ4n) is 2.01. The minimum atomic E-state index is -0.413. The Labute approximate surface area is 131 Å². The summed E-state index contributed by atoms with van der Waals surface area (Å²) in [5.41, 5.74) is 7.01. The number of hydrogen-bond acceptors (Lipinski definition) is 4. The molecular formula is C16H27FN2OS. The third-order valence-electron chi connectivity index (χ3n) is 3.06. The Morgan fingerprint density at radius 2 is 1.95 bits per heavy atom. The van der Waals surface area contributed by atoms with Crippen LogP contribution in [0.25, 0.3) is 0 Å². The van der Waals surface area contributed by atoms with Gasteiger partial charge in [0.05, 0.1) is 17.5 Å². The molecule has 0 saturated carbocycles. The minimum Gasteiger partial charge on any atom is -0.488 e. The van der Waals surface area contributed by atoms with Gasteiger partial charge in [0.1, 0.15) is 0 Å². The quantitative estimate of drug-likeness (QED) is 0.492. The van der Waals surface area contributed by atoms with Crippen molar-refractivity contribution in [1.29, 1.82) is 0 Å². The minimum absolute atomic E-state index is 0.0626. The first-order valence-electron chi connectivity index (χ1n) is 7.53. The molecule has 0 aliphatic carbocycles. The van der Waals surface area contributed by atoms with Crippen LogP contribution in [0.5, 0.6) is 5.75 Å². The van der Waals surface area contributed by atoms with Crippen molar-refractivity contribution < 1.29 is 9.13 Å². The Morgan fingerprint density at radius 1 is 1.24 bits per heavy atom. The normalized spacial score (nSPS) is 10.9.